The third-order valence-electron chi connectivity index (χ3n) is 3.89. The van der Waals surface area contributed by atoms with Gasteiger partial charge in [-0.1, -0.05) is 18.5 Å². The van der Waals surface area contributed by atoms with Crippen LogP contribution in [0.2, 0.25) is 5.15 Å². The largest absolute Gasteiger partial charge is 0.306 e. The van der Waals surface area contributed by atoms with Crippen LogP contribution in [0.1, 0.15) is 19.8 Å². The van der Waals surface area contributed by atoms with Crippen molar-refractivity contribution in [3.8, 4) is 0 Å². The van der Waals surface area contributed by atoms with Crippen molar-refractivity contribution in [2.45, 2.75) is 24.7 Å². The third kappa shape index (κ3) is 3.91. The summed E-state index contributed by atoms with van der Waals surface area (Å²) in [5.41, 5.74) is 0.0133. The van der Waals surface area contributed by atoms with Crippen molar-refractivity contribution in [3.05, 3.63) is 23.5 Å². The molecule has 0 unspecified atom stereocenters. The van der Waals surface area contributed by atoms with E-state index >= 15 is 0 Å². The van der Waals surface area contributed by atoms with E-state index in [9.17, 15) is 8.42 Å². The normalized spacial score (nSPS) is 19.9. The molecule has 1 aliphatic rings. The van der Waals surface area contributed by atoms with Crippen LogP contribution in [0.5, 0.6) is 0 Å². The van der Waals surface area contributed by atoms with E-state index in [1.807, 2.05) is 0 Å². The number of piperidine rings is 1. The maximum atomic E-state index is 12.2. The Morgan fingerprint density at radius 1 is 1.40 bits per heavy atom. The van der Waals surface area contributed by atoms with Crippen molar-refractivity contribution < 1.29 is 8.42 Å². The second kappa shape index (κ2) is 5.97. The fourth-order valence-corrected chi connectivity index (χ4v) is 3.46. The molecule has 0 spiro atoms. The molecule has 0 aliphatic carbocycles. The van der Waals surface area contributed by atoms with Gasteiger partial charge in [-0.15, -0.1) is 0 Å². The van der Waals surface area contributed by atoms with Crippen LogP contribution in [0.3, 0.4) is 0 Å². The maximum Gasteiger partial charge on any atom is 0.242 e. The number of nitrogens with zero attached hydrogens (tertiary/aromatic N) is 2. The van der Waals surface area contributed by atoms with E-state index in [2.05, 4.69) is 28.6 Å². The lowest BCUT2D eigenvalue weighted by atomic mass is 9.81. The zero-order chi connectivity index (χ0) is 14.8. The highest BCUT2D eigenvalue weighted by Crippen LogP contribution is 2.29. The van der Waals surface area contributed by atoms with Crippen molar-refractivity contribution in [1.82, 2.24) is 14.6 Å². The minimum atomic E-state index is -3.51. The topological polar surface area (TPSA) is 62.3 Å². The zero-order valence-corrected chi connectivity index (χ0v) is 13.3. The Morgan fingerprint density at radius 3 is 2.60 bits per heavy atom. The lowest BCUT2D eigenvalue weighted by Crippen LogP contribution is -2.43. The van der Waals surface area contributed by atoms with E-state index in [4.69, 9.17) is 11.6 Å². The lowest BCUT2D eigenvalue weighted by molar-refractivity contribution is 0.143. The van der Waals surface area contributed by atoms with Crippen LogP contribution in [0.25, 0.3) is 0 Å². The first kappa shape index (κ1) is 15.7. The average Bonchev–Trinajstić information content (AvgIpc) is 2.41. The summed E-state index contributed by atoms with van der Waals surface area (Å²) < 4.78 is 27.1. The highest BCUT2D eigenvalue weighted by atomic mass is 35.5. The monoisotopic (exact) mass is 317 g/mol. The summed E-state index contributed by atoms with van der Waals surface area (Å²) in [6.07, 6.45) is 3.26. The molecule has 0 radical (unpaired) electrons. The molecule has 7 heteroatoms. The molecule has 0 atom stereocenters. The van der Waals surface area contributed by atoms with E-state index in [0.29, 0.717) is 6.54 Å². The van der Waals surface area contributed by atoms with Crippen LogP contribution in [-0.4, -0.2) is 45.0 Å². The van der Waals surface area contributed by atoms with Crippen molar-refractivity contribution in [2.75, 3.05) is 26.7 Å². The van der Waals surface area contributed by atoms with E-state index in [1.165, 1.54) is 18.3 Å². The number of hydrogen-bond acceptors (Lipinski definition) is 4. The van der Waals surface area contributed by atoms with E-state index in [-0.39, 0.29) is 15.5 Å². The van der Waals surface area contributed by atoms with Crippen LogP contribution < -0.4 is 4.72 Å². The van der Waals surface area contributed by atoms with Crippen LogP contribution in [0.15, 0.2) is 23.2 Å². The summed E-state index contributed by atoms with van der Waals surface area (Å²) >= 11 is 5.67. The Kier molecular flexibility index (Phi) is 4.69. The first-order chi connectivity index (χ1) is 9.31. The number of likely N-dealkylation sites (tertiary alicyclic amines) is 1. The number of aromatic nitrogens is 1. The summed E-state index contributed by atoms with van der Waals surface area (Å²) in [5, 5.41) is 0.284. The lowest BCUT2D eigenvalue weighted by Gasteiger charge is -2.37. The molecule has 1 aromatic rings. The molecule has 1 fully saturated rings. The van der Waals surface area contributed by atoms with Gasteiger partial charge in [0.2, 0.25) is 10.0 Å². The molecule has 0 bridgehead atoms. The maximum absolute atomic E-state index is 12.2. The zero-order valence-electron chi connectivity index (χ0n) is 11.8. The number of nitrogens with one attached hydrogen (secondary N) is 1. The fraction of sp³-hybridized carbons (Fsp3) is 0.615. The minimum absolute atomic E-state index is 0.0133. The van der Waals surface area contributed by atoms with E-state index < -0.39 is 10.0 Å². The first-order valence-electron chi connectivity index (χ1n) is 6.61. The number of hydrogen-bond donors (Lipinski definition) is 1. The van der Waals surface area contributed by atoms with Gasteiger partial charge in [0, 0.05) is 12.7 Å². The van der Waals surface area contributed by atoms with Crippen LogP contribution in [-0.2, 0) is 10.0 Å². The average molecular weight is 318 g/mol. The van der Waals surface area contributed by atoms with Gasteiger partial charge < -0.3 is 4.90 Å². The molecule has 5 nitrogen and oxygen atoms in total. The van der Waals surface area contributed by atoms with Gasteiger partial charge in [0.25, 0.3) is 0 Å². The van der Waals surface area contributed by atoms with E-state index in [0.717, 1.165) is 25.9 Å². The predicted molar refractivity (Wildman–Crippen MR) is 79.3 cm³/mol. The highest BCUT2D eigenvalue weighted by Gasteiger charge is 2.30. The molecule has 112 valence electrons. The molecule has 1 saturated heterocycles. The summed E-state index contributed by atoms with van der Waals surface area (Å²) in [5.74, 6) is 0. The first-order valence-corrected chi connectivity index (χ1v) is 8.47. The summed E-state index contributed by atoms with van der Waals surface area (Å²) in [7, 11) is -1.43. The molecule has 0 amide bonds. The molecule has 2 rings (SSSR count). The van der Waals surface area contributed by atoms with Gasteiger partial charge in [0.05, 0.1) is 0 Å². The minimum Gasteiger partial charge on any atom is -0.306 e. The standard InChI is InChI=1S/C13H20ClN3O2S/c1-13(5-7-17(2)8-6-13)10-16-20(18,19)11-3-4-12(14)15-9-11/h3-4,9,16H,5-8,10H2,1-2H3. The smallest absolute Gasteiger partial charge is 0.242 e. The molecule has 1 N–H and O–H groups in total. The number of halogens is 1. The van der Waals surface area contributed by atoms with Crippen molar-refractivity contribution in [2.24, 2.45) is 5.41 Å². The van der Waals surface area contributed by atoms with Crippen molar-refractivity contribution in [1.29, 1.82) is 0 Å². The quantitative estimate of drug-likeness (QED) is 0.859. The van der Waals surface area contributed by atoms with Gasteiger partial charge in [-0.05, 0) is 50.5 Å². The predicted octanol–water partition coefficient (Wildman–Crippen LogP) is 1.75. The fourth-order valence-electron chi connectivity index (χ4n) is 2.21. The molecule has 0 saturated carbocycles. The Morgan fingerprint density at radius 2 is 2.05 bits per heavy atom. The van der Waals surface area contributed by atoms with E-state index in [1.54, 1.807) is 0 Å². The van der Waals surface area contributed by atoms with Gasteiger partial charge in [0.15, 0.2) is 0 Å². The molecule has 20 heavy (non-hydrogen) atoms. The third-order valence-corrected chi connectivity index (χ3v) is 5.50. The number of pyridine rings is 1. The molecular weight excluding hydrogens is 298 g/mol. The Bertz CT molecular complexity index is 551. The van der Waals surface area contributed by atoms with Crippen LogP contribution in [0.4, 0.5) is 0 Å². The summed E-state index contributed by atoms with van der Waals surface area (Å²) in [6.45, 7) is 4.58. The van der Waals surface area contributed by atoms with Gasteiger partial charge in [-0.25, -0.2) is 18.1 Å². The molecule has 1 aromatic heterocycles. The van der Waals surface area contributed by atoms with Crippen molar-refractivity contribution >= 4 is 21.6 Å². The van der Waals surface area contributed by atoms with Crippen LogP contribution in [0, 0.1) is 5.41 Å². The van der Waals surface area contributed by atoms with Gasteiger partial charge in [-0.2, -0.15) is 0 Å². The number of rotatable bonds is 4. The second-order valence-corrected chi connectivity index (χ2v) is 7.91. The summed E-state index contributed by atoms with van der Waals surface area (Å²) in [6, 6.07) is 2.95. The molecule has 1 aliphatic heterocycles. The van der Waals surface area contributed by atoms with Crippen LogP contribution >= 0.6 is 11.6 Å². The Balaban J connectivity index is 2.00. The SMILES string of the molecule is CN1CCC(C)(CNS(=O)(=O)c2ccc(Cl)nc2)CC1. The van der Waals surface area contributed by atoms with Gasteiger partial charge in [-0.3, -0.25) is 0 Å². The Hall–Kier alpha value is -0.690. The van der Waals surface area contributed by atoms with Gasteiger partial charge in [0.1, 0.15) is 10.0 Å². The molecule has 2 heterocycles. The Labute approximate surface area is 125 Å². The molecular formula is C13H20ClN3O2S. The van der Waals surface area contributed by atoms with Crippen molar-refractivity contribution in [3.63, 3.8) is 0 Å². The molecule has 0 aromatic carbocycles. The van der Waals surface area contributed by atoms with Gasteiger partial charge >= 0.3 is 0 Å². The number of sulfonamides is 1. The highest BCUT2D eigenvalue weighted by molar-refractivity contribution is 7.89. The summed E-state index contributed by atoms with van der Waals surface area (Å²) in [4.78, 5) is 6.22. The second-order valence-electron chi connectivity index (χ2n) is 5.76.